The highest BCUT2D eigenvalue weighted by molar-refractivity contribution is 14.0. The molecule has 176 valence electrons. The second-order valence-electron chi connectivity index (χ2n) is 8.07. The van der Waals surface area contributed by atoms with Crippen LogP contribution in [-0.2, 0) is 11.3 Å². The van der Waals surface area contributed by atoms with Gasteiger partial charge in [-0.1, -0.05) is 12.8 Å². The minimum atomic E-state index is -0.354. The standard InChI is InChI=1S/C22H33N7O2.HI/c1-5-23-21(25-15-22(12-6-7-13-22)20(30)29(2)3)24-14-18-26-19(28-27-18)16-8-10-17(31-4)11-9-16;/h8-11H,5-7,12-15H2,1-4H3,(H2,23,24,25)(H,26,27,28);1H. The minimum absolute atomic E-state index is 0. The highest BCUT2D eigenvalue weighted by Crippen LogP contribution is 2.38. The van der Waals surface area contributed by atoms with Crippen LogP contribution in [0.5, 0.6) is 5.75 Å². The average molecular weight is 555 g/mol. The first-order valence-corrected chi connectivity index (χ1v) is 10.8. The number of guanidine groups is 1. The number of hydrogen-bond acceptors (Lipinski definition) is 5. The molecular formula is C22H34IN7O2. The van der Waals surface area contributed by atoms with Crippen LogP contribution in [0.2, 0.25) is 0 Å². The molecule has 0 saturated heterocycles. The van der Waals surface area contributed by atoms with E-state index in [0.717, 1.165) is 43.5 Å². The van der Waals surface area contributed by atoms with Crippen LogP contribution in [0.25, 0.3) is 11.4 Å². The number of rotatable bonds is 8. The molecule has 0 aliphatic heterocycles. The maximum absolute atomic E-state index is 12.8. The van der Waals surface area contributed by atoms with Crippen LogP contribution in [0.4, 0.5) is 0 Å². The van der Waals surface area contributed by atoms with E-state index in [4.69, 9.17) is 4.74 Å². The van der Waals surface area contributed by atoms with Gasteiger partial charge in [0.2, 0.25) is 5.91 Å². The van der Waals surface area contributed by atoms with Gasteiger partial charge in [-0.05, 0) is 44.0 Å². The molecule has 32 heavy (non-hydrogen) atoms. The van der Waals surface area contributed by atoms with Gasteiger partial charge in [-0.15, -0.1) is 24.0 Å². The highest BCUT2D eigenvalue weighted by Gasteiger charge is 2.42. The topological polar surface area (TPSA) is 108 Å². The zero-order valence-electron chi connectivity index (χ0n) is 19.3. The lowest BCUT2D eigenvalue weighted by atomic mass is 9.84. The molecule has 1 amide bonds. The normalized spacial score (nSPS) is 15.1. The summed E-state index contributed by atoms with van der Waals surface area (Å²) in [7, 11) is 5.29. The number of aromatic amines is 1. The van der Waals surface area contributed by atoms with Gasteiger partial charge in [0.25, 0.3) is 0 Å². The van der Waals surface area contributed by atoms with E-state index >= 15 is 0 Å². The molecule has 3 rings (SSSR count). The van der Waals surface area contributed by atoms with Gasteiger partial charge in [-0.25, -0.2) is 9.98 Å². The molecule has 0 atom stereocenters. The Labute approximate surface area is 206 Å². The zero-order chi connectivity index (χ0) is 22.3. The molecule has 1 heterocycles. The summed E-state index contributed by atoms with van der Waals surface area (Å²) < 4.78 is 5.19. The van der Waals surface area contributed by atoms with E-state index < -0.39 is 0 Å². The number of carbonyl (C=O) groups excluding carboxylic acids is 1. The van der Waals surface area contributed by atoms with Crippen molar-refractivity contribution in [2.24, 2.45) is 10.4 Å². The first-order valence-electron chi connectivity index (χ1n) is 10.8. The van der Waals surface area contributed by atoms with Gasteiger partial charge >= 0.3 is 0 Å². The lowest BCUT2D eigenvalue weighted by Crippen LogP contribution is -2.49. The van der Waals surface area contributed by atoms with Crippen molar-refractivity contribution in [1.82, 2.24) is 30.7 Å². The second kappa shape index (κ2) is 12.0. The number of amides is 1. The first-order chi connectivity index (χ1) is 15.0. The van der Waals surface area contributed by atoms with Gasteiger partial charge in [0.05, 0.1) is 12.5 Å². The van der Waals surface area contributed by atoms with E-state index in [2.05, 4.69) is 30.8 Å². The Morgan fingerprint density at radius 1 is 1.22 bits per heavy atom. The molecule has 1 fully saturated rings. The number of halogens is 1. The van der Waals surface area contributed by atoms with E-state index in [1.807, 2.05) is 45.3 Å². The summed E-state index contributed by atoms with van der Waals surface area (Å²) in [6.07, 6.45) is 3.98. The Morgan fingerprint density at radius 2 is 1.91 bits per heavy atom. The zero-order valence-corrected chi connectivity index (χ0v) is 21.6. The van der Waals surface area contributed by atoms with E-state index in [9.17, 15) is 4.79 Å². The number of ether oxygens (including phenoxy) is 1. The van der Waals surface area contributed by atoms with Gasteiger partial charge in [-0.3, -0.25) is 9.89 Å². The number of nitrogens with zero attached hydrogens (tertiary/aromatic N) is 4. The quantitative estimate of drug-likeness (QED) is 0.263. The van der Waals surface area contributed by atoms with Gasteiger partial charge in [0.1, 0.15) is 18.1 Å². The summed E-state index contributed by atoms with van der Waals surface area (Å²) in [5, 5.41) is 13.9. The fraction of sp³-hybridized carbons (Fsp3) is 0.545. The molecule has 1 aliphatic carbocycles. The van der Waals surface area contributed by atoms with Gasteiger partial charge in [-0.2, -0.15) is 5.10 Å². The first kappa shape index (κ1) is 25.9. The third-order valence-corrected chi connectivity index (χ3v) is 5.63. The largest absolute Gasteiger partial charge is 0.497 e. The smallest absolute Gasteiger partial charge is 0.230 e. The van der Waals surface area contributed by atoms with Crippen LogP contribution in [0.3, 0.4) is 0 Å². The summed E-state index contributed by atoms with van der Waals surface area (Å²) >= 11 is 0. The molecular weight excluding hydrogens is 521 g/mol. The van der Waals surface area contributed by atoms with Gasteiger partial charge < -0.3 is 20.3 Å². The number of aromatic nitrogens is 3. The van der Waals surface area contributed by atoms with Crippen molar-refractivity contribution in [3.05, 3.63) is 30.1 Å². The number of nitrogens with one attached hydrogen (secondary N) is 3. The second-order valence-corrected chi connectivity index (χ2v) is 8.07. The summed E-state index contributed by atoms with van der Waals surface area (Å²) in [5.74, 6) is 2.93. The molecule has 0 radical (unpaired) electrons. The number of methoxy groups -OCH3 is 1. The summed E-state index contributed by atoms with van der Waals surface area (Å²) in [4.78, 5) is 23.7. The summed E-state index contributed by atoms with van der Waals surface area (Å²) in [5.41, 5.74) is 0.552. The fourth-order valence-electron chi connectivity index (χ4n) is 3.98. The minimum Gasteiger partial charge on any atom is -0.497 e. The highest BCUT2D eigenvalue weighted by atomic mass is 127. The van der Waals surface area contributed by atoms with Crippen LogP contribution in [0, 0.1) is 5.41 Å². The average Bonchev–Trinajstić information content (AvgIpc) is 3.46. The summed E-state index contributed by atoms with van der Waals surface area (Å²) in [6.45, 7) is 3.67. The van der Waals surface area contributed by atoms with Crippen molar-refractivity contribution in [2.75, 3.05) is 34.3 Å². The molecule has 9 nitrogen and oxygen atoms in total. The fourth-order valence-corrected chi connectivity index (χ4v) is 3.98. The Bertz CT molecular complexity index is 890. The Kier molecular flexibility index (Phi) is 9.73. The SMILES string of the molecule is CCNC(=NCc1nc(-c2ccc(OC)cc2)n[nH]1)NCC1(C(=O)N(C)C)CCCC1.I. The Balaban J connectivity index is 0.00000363. The van der Waals surface area contributed by atoms with Crippen molar-refractivity contribution in [1.29, 1.82) is 0 Å². The van der Waals surface area contributed by atoms with Crippen molar-refractivity contribution in [3.8, 4) is 17.1 Å². The lowest BCUT2D eigenvalue weighted by molar-refractivity contribution is -0.138. The molecule has 0 spiro atoms. The number of aliphatic imine (C=N–C) groups is 1. The maximum Gasteiger partial charge on any atom is 0.230 e. The van der Waals surface area contributed by atoms with E-state index in [-0.39, 0.29) is 35.3 Å². The third-order valence-electron chi connectivity index (χ3n) is 5.63. The predicted octanol–water partition coefficient (Wildman–Crippen LogP) is 2.80. The third kappa shape index (κ3) is 6.33. The monoisotopic (exact) mass is 555 g/mol. The van der Waals surface area contributed by atoms with Crippen LogP contribution in [0.15, 0.2) is 29.3 Å². The number of hydrogen-bond donors (Lipinski definition) is 3. The van der Waals surface area contributed by atoms with Gasteiger partial charge in [0.15, 0.2) is 11.8 Å². The van der Waals surface area contributed by atoms with E-state index in [1.54, 1.807) is 12.0 Å². The van der Waals surface area contributed by atoms with Crippen LogP contribution < -0.4 is 15.4 Å². The van der Waals surface area contributed by atoms with Crippen molar-refractivity contribution in [2.45, 2.75) is 39.2 Å². The molecule has 1 aromatic carbocycles. The van der Waals surface area contributed by atoms with Crippen molar-refractivity contribution < 1.29 is 9.53 Å². The maximum atomic E-state index is 12.8. The number of carbonyl (C=O) groups is 1. The van der Waals surface area contributed by atoms with Crippen LogP contribution in [-0.4, -0.2) is 66.2 Å². The van der Waals surface area contributed by atoms with Crippen molar-refractivity contribution >= 4 is 35.8 Å². The predicted molar refractivity (Wildman–Crippen MR) is 136 cm³/mol. The molecule has 1 aromatic heterocycles. The Hall–Kier alpha value is -2.37. The molecule has 0 unspecified atom stereocenters. The lowest BCUT2D eigenvalue weighted by Gasteiger charge is -2.31. The van der Waals surface area contributed by atoms with E-state index in [1.165, 1.54) is 0 Å². The van der Waals surface area contributed by atoms with Crippen LogP contribution in [0.1, 0.15) is 38.4 Å². The Morgan fingerprint density at radius 3 is 2.50 bits per heavy atom. The molecule has 1 saturated carbocycles. The molecule has 3 N–H and O–H groups in total. The van der Waals surface area contributed by atoms with Crippen LogP contribution >= 0.6 is 24.0 Å². The van der Waals surface area contributed by atoms with Gasteiger partial charge in [0, 0.05) is 32.7 Å². The number of H-pyrrole nitrogens is 1. The van der Waals surface area contributed by atoms with E-state index in [0.29, 0.717) is 30.7 Å². The molecule has 2 aromatic rings. The molecule has 1 aliphatic rings. The van der Waals surface area contributed by atoms with Crippen molar-refractivity contribution in [3.63, 3.8) is 0 Å². The number of benzene rings is 1. The molecule has 10 heteroatoms. The summed E-state index contributed by atoms with van der Waals surface area (Å²) in [6, 6.07) is 7.60. The molecule has 0 bridgehead atoms.